The average molecular weight is 486 g/mol. The van der Waals surface area contributed by atoms with Crippen LogP contribution in [0, 0.1) is 0 Å². The SMILES string of the molecule is CC(C)c1cc(Br)ccc1NC(=O)[C@@H]1CCCN1S(=O)(=O)c1ccc(Cl)cc1. The van der Waals surface area contributed by atoms with Gasteiger partial charge in [-0.1, -0.05) is 41.4 Å². The third-order valence-electron chi connectivity index (χ3n) is 4.82. The standard InChI is InChI=1S/C20H22BrClN2O3S/c1-13(2)17-12-14(21)5-10-18(17)23-20(25)19-4-3-11-24(19)28(26,27)16-8-6-15(22)7-9-16/h5-10,12-13,19H,3-4,11H2,1-2H3,(H,23,25)/t19-/m0/s1. The van der Waals surface area contributed by atoms with Crippen molar-refractivity contribution in [2.75, 3.05) is 11.9 Å². The minimum atomic E-state index is -3.77. The lowest BCUT2D eigenvalue weighted by atomic mass is 10.0. The van der Waals surface area contributed by atoms with E-state index >= 15 is 0 Å². The van der Waals surface area contributed by atoms with E-state index in [1.165, 1.54) is 28.6 Å². The Morgan fingerprint density at radius 3 is 2.54 bits per heavy atom. The number of nitrogens with one attached hydrogen (secondary N) is 1. The van der Waals surface area contributed by atoms with Crippen LogP contribution in [-0.4, -0.2) is 31.2 Å². The van der Waals surface area contributed by atoms with Crippen molar-refractivity contribution in [3.63, 3.8) is 0 Å². The molecular formula is C20H22BrClN2O3S. The highest BCUT2D eigenvalue weighted by molar-refractivity contribution is 9.10. The second kappa shape index (κ2) is 8.53. The predicted octanol–water partition coefficient (Wildman–Crippen LogP) is 5.02. The molecule has 2 aromatic rings. The minimum Gasteiger partial charge on any atom is -0.324 e. The molecule has 1 aliphatic heterocycles. The Morgan fingerprint density at radius 1 is 1.21 bits per heavy atom. The zero-order chi connectivity index (χ0) is 20.5. The maximum absolute atomic E-state index is 13.0. The van der Waals surface area contributed by atoms with Crippen LogP contribution < -0.4 is 5.32 Å². The van der Waals surface area contributed by atoms with Crippen LogP contribution in [0.1, 0.15) is 38.2 Å². The third kappa shape index (κ3) is 4.43. The molecule has 8 heteroatoms. The number of hydrogen-bond donors (Lipinski definition) is 1. The number of halogens is 2. The molecule has 0 spiro atoms. The van der Waals surface area contributed by atoms with E-state index in [9.17, 15) is 13.2 Å². The van der Waals surface area contributed by atoms with Crippen molar-refractivity contribution in [2.24, 2.45) is 0 Å². The fourth-order valence-electron chi connectivity index (χ4n) is 3.37. The van der Waals surface area contributed by atoms with E-state index in [1.807, 2.05) is 32.0 Å². The molecule has 0 unspecified atom stereocenters. The molecular weight excluding hydrogens is 464 g/mol. The number of sulfonamides is 1. The first kappa shape index (κ1) is 21.3. The molecule has 5 nitrogen and oxygen atoms in total. The molecule has 0 saturated carbocycles. The topological polar surface area (TPSA) is 66.5 Å². The van der Waals surface area contributed by atoms with Crippen LogP contribution in [0.3, 0.4) is 0 Å². The number of amides is 1. The summed E-state index contributed by atoms with van der Waals surface area (Å²) in [6.07, 6.45) is 1.13. The van der Waals surface area contributed by atoms with Gasteiger partial charge in [0, 0.05) is 21.7 Å². The van der Waals surface area contributed by atoms with E-state index in [2.05, 4.69) is 21.2 Å². The highest BCUT2D eigenvalue weighted by atomic mass is 79.9. The fraction of sp³-hybridized carbons (Fsp3) is 0.350. The molecule has 3 rings (SSSR count). The van der Waals surface area contributed by atoms with E-state index < -0.39 is 16.1 Å². The van der Waals surface area contributed by atoms with Gasteiger partial charge in [-0.15, -0.1) is 0 Å². The van der Waals surface area contributed by atoms with Gasteiger partial charge in [-0.05, 0) is 66.8 Å². The molecule has 150 valence electrons. The molecule has 1 heterocycles. The van der Waals surface area contributed by atoms with Crippen LogP contribution in [0.4, 0.5) is 5.69 Å². The normalized spacial score (nSPS) is 17.8. The van der Waals surface area contributed by atoms with Gasteiger partial charge >= 0.3 is 0 Å². The van der Waals surface area contributed by atoms with Crippen molar-refractivity contribution in [1.82, 2.24) is 4.31 Å². The highest BCUT2D eigenvalue weighted by Gasteiger charge is 2.39. The van der Waals surface area contributed by atoms with Crippen molar-refractivity contribution in [3.05, 3.63) is 57.5 Å². The van der Waals surface area contributed by atoms with Gasteiger partial charge in [-0.25, -0.2) is 8.42 Å². The number of nitrogens with zero attached hydrogens (tertiary/aromatic N) is 1. The van der Waals surface area contributed by atoms with Crippen LogP contribution in [0.15, 0.2) is 51.8 Å². The van der Waals surface area contributed by atoms with Crippen LogP contribution >= 0.6 is 27.5 Å². The number of benzene rings is 2. The van der Waals surface area contributed by atoms with Crippen molar-refractivity contribution >= 4 is 49.1 Å². The molecule has 1 aliphatic rings. The Hall–Kier alpha value is -1.41. The summed E-state index contributed by atoms with van der Waals surface area (Å²) < 4.78 is 28.3. The Kier molecular flexibility index (Phi) is 6.49. The molecule has 0 bridgehead atoms. The van der Waals surface area contributed by atoms with Crippen molar-refractivity contribution in [2.45, 2.75) is 43.5 Å². The van der Waals surface area contributed by atoms with Gasteiger partial charge in [0.1, 0.15) is 6.04 Å². The summed E-state index contributed by atoms with van der Waals surface area (Å²) in [6, 6.07) is 10.9. The molecule has 1 saturated heterocycles. The third-order valence-corrected chi connectivity index (χ3v) is 7.49. The molecule has 0 radical (unpaired) electrons. The van der Waals surface area contributed by atoms with Gasteiger partial charge in [0.15, 0.2) is 0 Å². The van der Waals surface area contributed by atoms with Gasteiger partial charge in [0.2, 0.25) is 15.9 Å². The van der Waals surface area contributed by atoms with Crippen molar-refractivity contribution in [3.8, 4) is 0 Å². The zero-order valence-electron chi connectivity index (χ0n) is 15.7. The lowest BCUT2D eigenvalue weighted by molar-refractivity contribution is -0.119. The van der Waals surface area contributed by atoms with Crippen LogP contribution in [0.2, 0.25) is 5.02 Å². The zero-order valence-corrected chi connectivity index (χ0v) is 18.8. The summed E-state index contributed by atoms with van der Waals surface area (Å²) in [5, 5.41) is 3.40. The Bertz CT molecular complexity index is 977. The minimum absolute atomic E-state index is 0.142. The summed E-state index contributed by atoms with van der Waals surface area (Å²) in [7, 11) is -3.77. The molecule has 1 amide bonds. The number of rotatable bonds is 5. The van der Waals surface area contributed by atoms with Gasteiger partial charge < -0.3 is 5.32 Å². The summed E-state index contributed by atoms with van der Waals surface area (Å²) in [6.45, 7) is 4.41. The van der Waals surface area contributed by atoms with E-state index in [4.69, 9.17) is 11.6 Å². The van der Waals surface area contributed by atoms with Crippen LogP contribution in [0.25, 0.3) is 0 Å². The summed E-state index contributed by atoms with van der Waals surface area (Å²) in [5.74, 6) is -0.0930. The molecule has 1 fully saturated rings. The fourth-order valence-corrected chi connectivity index (χ4v) is 5.53. The Labute approximate surface area is 179 Å². The summed E-state index contributed by atoms with van der Waals surface area (Å²) in [4.78, 5) is 13.1. The molecule has 1 N–H and O–H groups in total. The molecule has 0 aliphatic carbocycles. The number of carbonyl (C=O) groups is 1. The number of carbonyl (C=O) groups excluding carboxylic acids is 1. The highest BCUT2D eigenvalue weighted by Crippen LogP contribution is 2.31. The quantitative estimate of drug-likeness (QED) is 0.647. The van der Waals surface area contributed by atoms with E-state index in [0.717, 1.165) is 10.0 Å². The molecule has 28 heavy (non-hydrogen) atoms. The monoisotopic (exact) mass is 484 g/mol. The lowest BCUT2D eigenvalue weighted by Gasteiger charge is -2.24. The van der Waals surface area contributed by atoms with Crippen LogP contribution in [-0.2, 0) is 14.8 Å². The molecule has 0 aromatic heterocycles. The van der Waals surface area contributed by atoms with Gasteiger partial charge in [0.25, 0.3) is 0 Å². The first-order valence-electron chi connectivity index (χ1n) is 9.08. The average Bonchev–Trinajstić information content (AvgIpc) is 3.14. The van der Waals surface area contributed by atoms with E-state index in [-0.39, 0.29) is 16.7 Å². The summed E-state index contributed by atoms with van der Waals surface area (Å²) >= 11 is 9.32. The second-order valence-electron chi connectivity index (χ2n) is 7.10. The maximum Gasteiger partial charge on any atom is 0.243 e. The number of anilines is 1. The van der Waals surface area contributed by atoms with Crippen LogP contribution in [0.5, 0.6) is 0 Å². The Balaban J connectivity index is 1.85. The second-order valence-corrected chi connectivity index (χ2v) is 10.3. The van der Waals surface area contributed by atoms with E-state index in [1.54, 1.807) is 0 Å². The van der Waals surface area contributed by atoms with Gasteiger partial charge in [-0.2, -0.15) is 4.31 Å². The Morgan fingerprint density at radius 2 is 1.89 bits per heavy atom. The lowest BCUT2D eigenvalue weighted by Crippen LogP contribution is -2.43. The van der Waals surface area contributed by atoms with Crippen molar-refractivity contribution in [1.29, 1.82) is 0 Å². The van der Waals surface area contributed by atoms with Gasteiger partial charge in [0.05, 0.1) is 4.90 Å². The number of hydrogen-bond acceptors (Lipinski definition) is 3. The first-order chi connectivity index (χ1) is 13.2. The largest absolute Gasteiger partial charge is 0.324 e. The van der Waals surface area contributed by atoms with E-state index in [0.29, 0.717) is 30.1 Å². The maximum atomic E-state index is 13.0. The first-order valence-corrected chi connectivity index (χ1v) is 11.7. The van der Waals surface area contributed by atoms with Crippen molar-refractivity contribution < 1.29 is 13.2 Å². The molecule has 1 atom stereocenters. The smallest absolute Gasteiger partial charge is 0.243 e. The predicted molar refractivity (Wildman–Crippen MR) is 115 cm³/mol. The molecule has 2 aromatic carbocycles. The van der Waals surface area contributed by atoms with Gasteiger partial charge in [-0.3, -0.25) is 4.79 Å². The summed E-state index contributed by atoms with van der Waals surface area (Å²) in [5.41, 5.74) is 1.70.